The molecule has 6 nitrogen and oxygen atoms in total. The van der Waals surface area contributed by atoms with Gasteiger partial charge in [-0.2, -0.15) is 8.42 Å². The maximum absolute atomic E-state index is 10.6. The maximum atomic E-state index is 10.6. The minimum atomic E-state index is -2.66. The zero-order chi connectivity index (χ0) is 11.6. The second-order valence-corrected chi connectivity index (χ2v) is 3.72. The molecule has 0 aromatic carbocycles. The number of rotatable bonds is 2. The Bertz CT molecular complexity index is 520. The molecule has 0 N–H and O–H groups in total. The van der Waals surface area contributed by atoms with E-state index in [4.69, 9.17) is 0 Å². The first-order chi connectivity index (χ1) is 6.91. The summed E-state index contributed by atoms with van der Waals surface area (Å²) in [6.45, 7) is 0. The smallest absolute Gasteiger partial charge is 0.545 e. The van der Waals surface area contributed by atoms with Gasteiger partial charge in [-0.1, -0.05) is 0 Å². The molecule has 17 heavy (non-hydrogen) atoms. The van der Waals surface area contributed by atoms with Crippen molar-refractivity contribution in [3.05, 3.63) is 23.3 Å². The van der Waals surface area contributed by atoms with Crippen LogP contribution in [0.4, 0.5) is 0 Å². The van der Waals surface area contributed by atoms with Crippen LogP contribution in [0.2, 0.25) is 0 Å². The Balaban J connectivity index is 0. The molecule has 0 heterocycles. The SMILES string of the molecule is O=C([O-])C1=CC(=S(=O)=O)CC(C(=O)[O-])=C1.[Na+].[Na+]. The second kappa shape index (κ2) is 8.25. The van der Waals surface area contributed by atoms with Crippen molar-refractivity contribution in [2.75, 3.05) is 0 Å². The van der Waals surface area contributed by atoms with Crippen molar-refractivity contribution in [3.8, 4) is 0 Å². The average Bonchev–Trinajstić information content (AvgIpc) is 2.16. The molecule has 0 amide bonds. The van der Waals surface area contributed by atoms with E-state index in [1.165, 1.54) is 0 Å². The fraction of sp³-hybridized carbons (Fsp3) is 0.125. The number of hydrogen-bond donors (Lipinski definition) is 0. The third-order valence-electron chi connectivity index (χ3n) is 1.72. The number of carboxylic acids is 2. The van der Waals surface area contributed by atoms with Crippen LogP contribution in [0, 0.1) is 0 Å². The van der Waals surface area contributed by atoms with Gasteiger partial charge < -0.3 is 19.8 Å². The van der Waals surface area contributed by atoms with Gasteiger partial charge in [0, 0.05) is 6.42 Å². The van der Waals surface area contributed by atoms with Crippen molar-refractivity contribution in [3.63, 3.8) is 0 Å². The van der Waals surface area contributed by atoms with Gasteiger partial charge in [-0.3, -0.25) is 0 Å². The van der Waals surface area contributed by atoms with E-state index in [2.05, 4.69) is 0 Å². The molecule has 1 aliphatic rings. The molecule has 0 aromatic heterocycles. The fourth-order valence-electron chi connectivity index (χ4n) is 1.05. The summed E-state index contributed by atoms with van der Waals surface area (Å²) in [6.07, 6.45) is 1.29. The number of carboxylic acid groups (broad SMARTS) is 2. The zero-order valence-corrected chi connectivity index (χ0v) is 14.0. The van der Waals surface area contributed by atoms with E-state index in [0.29, 0.717) is 0 Å². The number of carbonyl (C=O) groups excluding carboxylic acids is 2. The first-order valence-corrected chi connectivity index (χ1v) is 4.79. The molecule has 1 aliphatic carbocycles. The molecule has 1 rings (SSSR count). The molecule has 9 heteroatoms. The van der Waals surface area contributed by atoms with Gasteiger partial charge in [0.1, 0.15) is 0 Å². The monoisotopic (exact) mass is 274 g/mol. The first-order valence-electron chi connectivity index (χ1n) is 3.72. The Morgan fingerprint density at radius 1 is 1.06 bits per heavy atom. The van der Waals surface area contributed by atoms with Gasteiger partial charge in [-0.25, -0.2) is 0 Å². The molecule has 0 saturated carbocycles. The minimum absolute atomic E-state index is 0. The van der Waals surface area contributed by atoms with Crippen molar-refractivity contribution in [2.45, 2.75) is 6.42 Å². The third kappa shape index (κ3) is 5.52. The van der Waals surface area contributed by atoms with Crippen LogP contribution in [0.3, 0.4) is 0 Å². The van der Waals surface area contributed by atoms with Crippen LogP contribution in [0.15, 0.2) is 23.3 Å². The molecule has 0 bridgehead atoms. The van der Waals surface area contributed by atoms with Crippen molar-refractivity contribution in [1.82, 2.24) is 0 Å². The molecule has 0 aromatic rings. The molecule has 80 valence electrons. The van der Waals surface area contributed by atoms with Crippen molar-refractivity contribution in [1.29, 1.82) is 0 Å². The van der Waals surface area contributed by atoms with Gasteiger partial charge in [0.15, 0.2) is 0 Å². The zero-order valence-electron chi connectivity index (χ0n) is 9.22. The van der Waals surface area contributed by atoms with Gasteiger partial charge in [-0.05, 0) is 23.3 Å². The number of carbonyl (C=O) groups is 2. The third-order valence-corrected chi connectivity index (χ3v) is 2.41. The van der Waals surface area contributed by atoms with Gasteiger partial charge >= 0.3 is 59.1 Å². The number of hydrogen-bond acceptors (Lipinski definition) is 6. The van der Waals surface area contributed by atoms with E-state index in [-0.39, 0.29) is 70.4 Å². The van der Waals surface area contributed by atoms with Gasteiger partial charge in [-0.15, -0.1) is 0 Å². The Morgan fingerprint density at radius 2 is 1.59 bits per heavy atom. The van der Waals surface area contributed by atoms with Crippen LogP contribution in [0.5, 0.6) is 0 Å². The van der Waals surface area contributed by atoms with E-state index in [1.54, 1.807) is 0 Å². The quantitative estimate of drug-likeness (QED) is 0.365. The van der Waals surface area contributed by atoms with Gasteiger partial charge in [0.2, 0.25) is 10.3 Å². The van der Waals surface area contributed by atoms with E-state index in [0.717, 1.165) is 12.2 Å². The topological polar surface area (TPSA) is 114 Å². The molecular weight excluding hydrogens is 270 g/mol. The van der Waals surface area contributed by atoms with Crippen LogP contribution < -0.4 is 69.3 Å². The predicted molar refractivity (Wildman–Crippen MR) is 44.7 cm³/mol. The molecule has 0 unspecified atom stereocenters. The second-order valence-electron chi connectivity index (χ2n) is 2.72. The first kappa shape index (κ1) is 19.4. The summed E-state index contributed by atoms with van der Waals surface area (Å²) >= 11 is 0. The fourth-order valence-corrected chi connectivity index (χ4v) is 1.55. The van der Waals surface area contributed by atoms with Crippen LogP contribution in [-0.4, -0.2) is 25.2 Å². The van der Waals surface area contributed by atoms with Gasteiger partial charge in [0.25, 0.3) is 0 Å². The summed E-state index contributed by atoms with van der Waals surface area (Å²) in [6, 6.07) is 0. The molecule has 0 aliphatic heterocycles. The molecule has 0 saturated heterocycles. The van der Waals surface area contributed by atoms with Crippen LogP contribution in [-0.2, 0) is 19.9 Å². The van der Waals surface area contributed by atoms with Crippen LogP contribution in [0.1, 0.15) is 6.42 Å². The number of allylic oxidation sites excluding steroid dienone is 1. The van der Waals surface area contributed by atoms with Crippen molar-refractivity contribution in [2.24, 2.45) is 0 Å². The van der Waals surface area contributed by atoms with E-state index in [9.17, 15) is 28.2 Å². The summed E-state index contributed by atoms with van der Waals surface area (Å²) in [5.41, 5.74) is -0.907. The Hall–Kier alpha value is 0.110. The van der Waals surface area contributed by atoms with Crippen molar-refractivity contribution < 1.29 is 87.3 Å². The molecular formula is C8H4Na2O6S. The van der Waals surface area contributed by atoms with Crippen LogP contribution in [0.25, 0.3) is 0 Å². The predicted octanol–water partition coefficient (Wildman–Crippen LogP) is -9.20. The maximum Gasteiger partial charge on any atom is 1.00 e. The molecule has 0 radical (unpaired) electrons. The summed E-state index contributed by atoms with van der Waals surface area (Å²) in [5.74, 6) is -3.25. The Morgan fingerprint density at radius 3 is 1.94 bits per heavy atom. The van der Waals surface area contributed by atoms with Crippen molar-refractivity contribution >= 4 is 27.1 Å². The van der Waals surface area contributed by atoms with Gasteiger partial charge in [0.05, 0.1) is 16.8 Å². The van der Waals surface area contributed by atoms with E-state index >= 15 is 0 Å². The Labute approximate surface area is 143 Å². The molecule has 0 spiro atoms. The molecule has 0 atom stereocenters. The summed E-state index contributed by atoms with van der Waals surface area (Å²) < 4.78 is 21.1. The Kier molecular flexibility index (Phi) is 9.44. The van der Waals surface area contributed by atoms with E-state index < -0.39 is 33.4 Å². The van der Waals surface area contributed by atoms with E-state index in [1.807, 2.05) is 0 Å². The number of aliphatic carboxylic acids is 2. The molecule has 0 fully saturated rings. The summed E-state index contributed by atoms with van der Waals surface area (Å²) in [7, 11) is -2.66. The minimum Gasteiger partial charge on any atom is -0.545 e. The summed E-state index contributed by atoms with van der Waals surface area (Å²) in [5, 5.41) is 20.9. The average molecular weight is 274 g/mol. The standard InChI is InChI=1S/C8H6O6S.2Na/c9-7(10)4-1-5(8(11)12)3-6(2-4)15(13)14;;/h1-2H,3H2,(H,9,10)(H,11,12);;/q;2*+1/p-2. The largest absolute Gasteiger partial charge is 1.00 e. The normalized spacial score (nSPS) is 13.5. The van der Waals surface area contributed by atoms with Crippen LogP contribution >= 0.6 is 0 Å². The summed E-state index contributed by atoms with van der Waals surface area (Å²) in [4.78, 5) is 20.6.